The molecule has 0 radical (unpaired) electrons. The van der Waals surface area contributed by atoms with E-state index in [0.29, 0.717) is 12.2 Å². The van der Waals surface area contributed by atoms with Crippen molar-refractivity contribution in [1.82, 2.24) is 0 Å². The van der Waals surface area contributed by atoms with Gasteiger partial charge in [-0.25, -0.2) is 0 Å². The minimum Gasteiger partial charge on any atom is -0.481 e. The first kappa shape index (κ1) is 24.2. The van der Waals surface area contributed by atoms with Crippen molar-refractivity contribution in [2.24, 2.45) is 17.3 Å². The Labute approximate surface area is 169 Å². The number of carbonyl (C=O) groups is 2. The average Bonchev–Trinajstić information content (AvgIpc) is 2.96. The number of hydrogen-bond donors (Lipinski definition) is 2. The van der Waals surface area contributed by atoms with Gasteiger partial charge in [0, 0.05) is 12.3 Å². The van der Waals surface area contributed by atoms with Crippen LogP contribution in [0.3, 0.4) is 0 Å². The molecular formula is C22H38O4S. The number of hydrogen-bond acceptors (Lipinski definition) is 4. The summed E-state index contributed by atoms with van der Waals surface area (Å²) in [4.78, 5) is 22.7. The van der Waals surface area contributed by atoms with Crippen molar-refractivity contribution in [1.29, 1.82) is 0 Å². The minimum atomic E-state index is -0.758. The van der Waals surface area contributed by atoms with Gasteiger partial charge in [0.25, 0.3) is 0 Å². The fourth-order valence-corrected chi connectivity index (χ4v) is 4.46. The topological polar surface area (TPSA) is 74.6 Å². The van der Waals surface area contributed by atoms with Crippen molar-refractivity contribution in [3.8, 4) is 0 Å². The van der Waals surface area contributed by atoms with Crippen molar-refractivity contribution in [2.75, 3.05) is 11.5 Å². The molecule has 0 aromatic carbocycles. The summed E-state index contributed by atoms with van der Waals surface area (Å²) >= 11 is 1.46. The molecule has 0 aromatic heterocycles. The summed E-state index contributed by atoms with van der Waals surface area (Å²) in [6.07, 6.45) is 12.3. The monoisotopic (exact) mass is 398 g/mol. The largest absolute Gasteiger partial charge is 0.481 e. The molecular weight excluding hydrogens is 360 g/mol. The predicted octanol–water partition coefficient (Wildman–Crippen LogP) is 5.09. The molecule has 0 spiro atoms. The van der Waals surface area contributed by atoms with Crippen LogP contribution >= 0.6 is 11.8 Å². The number of thioether (sulfide) groups is 1. The first-order chi connectivity index (χ1) is 12.8. The second-order valence-electron chi connectivity index (χ2n) is 8.49. The van der Waals surface area contributed by atoms with Gasteiger partial charge in [-0.2, -0.15) is 11.8 Å². The van der Waals surface area contributed by atoms with Gasteiger partial charge in [0.2, 0.25) is 0 Å². The fraction of sp³-hybridized carbons (Fsp3) is 0.818. The summed E-state index contributed by atoms with van der Waals surface area (Å²) in [7, 11) is 0. The van der Waals surface area contributed by atoms with Gasteiger partial charge in [-0.3, -0.25) is 9.59 Å². The van der Waals surface area contributed by atoms with Gasteiger partial charge in [-0.1, -0.05) is 58.6 Å². The number of aliphatic carboxylic acids is 1. The summed E-state index contributed by atoms with van der Waals surface area (Å²) in [5.41, 5.74) is -0.127. The molecule has 0 heterocycles. The molecule has 1 saturated carbocycles. The van der Waals surface area contributed by atoms with Crippen LogP contribution < -0.4 is 0 Å². The normalized spacial score (nSPS) is 21.9. The molecule has 0 saturated heterocycles. The zero-order chi connectivity index (χ0) is 20.3. The van der Waals surface area contributed by atoms with Crippen LogP contribution in [-0.4, -0.2) is 39.6 Å². The van der Waals surface area contributed by atoms with Crippen LogP contribution in [0, 0.1) is 17.3 Å². The molecule has 27 heavy (non-hydrogen) atoms. The SMILES string of the molecule is CCCCC(C)(C)[C@H](O)/C=C/C1CCC(=O)[C@@H]1CCCCCSCC(=O)O. The highest BCUT2D eigenvalue weighted by Gasteiger charge is 2.33. The Kier molecular flexibility index (Phi) is 11.3. The quantitative estimate of drug-likeness (QED) is 0.315. The molecule has 4 nitrogen and oxygen atoms in total. The lowest BCUT2D eigenvalue weighted by Gasteiger charge is -2.29. The van der Waals surface area contributed by atoms with Crippen molar-refractivity contribution >= 4 is 23.5 Å². The van der Waals surface area contributed by atoms with E-state index in [4.69, 9.17) is 5.11 Å². The molecule has 2 N–H and O–H groups in total. The van der Waals surface area contributed by atoms with E-state index in [9.17, 15) is 14.7 Å². The van der Waals surface area contributed by atoms with E-state index >= 15 is 0 Å². The number of aliphatic hydroxyl groups is 1. The van der Waals surface area contributed by atoms with Gasteiger partial charge in [-0.05, 0) is 42.8 Å². The van der Waals surface area contributed by atoms with E-state index in [-0.39, 0.29) is 23.0 Å². The third-order valence-corrected chi connectivity index (χ3v) is 6.73. The van der Waals surface area contributed by atoms with Gasteiger partial charge in [0.1, 0.15) is 5.78 Å². The van der Waals surface area contributed by atoms with Gasteiger partial charge >= 0.3 is 5.97 Å². The van der Waals surface area contributed by atoms with E-state index in [0.717, 1.165) is 57.1 Å². The molecule has 0 amide bonds. The molecule has 156 valence electrons. The van der Waals surface area contributed by atoms with E-state index in [1.807, 2.05) is 6.08 Å². The Morgan fingerprint density at radius 2 is 2.04 bits per heavy atom. The number of carboxylic acids is 1. The summed E-state index contributed by atoms with van der Waals surface area (Å²) in [5, 5.41) is 19.2. The number of rotatable bonds is 14. The Morgan fingerprint density at radius 3 is 2.70 bits per heavy atom. The lowest BCUT2D eigenvalue weighted by molar-refractivity contribution is -0.134. The molecule has 0 aliphatic heterocycles. The number of allylic oxidation sites excluding steroid dienone is 1. The van der Waals surface area contributed by atoms with Crippen molar-refractivity contribution in [2.45, 2.75) is 84.7 Å². The molecule has 1 fully saturated rings. The third kappa shape index (κ3) is 9.29. The van der Waals surface area contributed by atoms with Crippen molar-refractivity contribution in [3.05, 3.63) is 12.2 Å². The minimum absolute atomic E-state index is 0.0962. The molecule has 1 unspecified atom stereocenters. The lowest BCUT2D eigenvalue weighted by atomic mass is 9.80. The Morgan fingerprint density at radius 1 is 1.30 bits per heavy atom. The zero-order valence-electron chi connectivity index (χ0n) is 17.3. The number of carbonyl (C=O) groups excluding carboxylic acids is 1. The van der Waals surface area contributed by atoms with E-state index in [2.05, 4.69) is 26.8 Å². The van der Waals surface area contributed by atoms with E-state index < -0.39 is 12.1 Å². The number of ketones is 1. The number of unbranched alkanes of at least 4 members (excludes halogenated alkanes) is 3. The maximum atomic E-state index is 12.2. The number of aliphatic hydroxyl groups excluding tert-OH is 1. The first-order valence-corrected chi connectivity index (χ1v) is 11.6. The summed E-state index contributed by atoms with van der Waals surface area (Å²) in [6, 6.07) is 0. The maximum absolute atomic E-state index is 12.2. The zero-order valence-corrected chi connectivity index (χ0v) is 18.1. The standard InChI is InChI=1S/C22H38O4S/c1-4-5-14-22(2,3)20(24)13-11-17-10-12-19(23)18(17)9-7-6-8-15-27-16-21(25)26/h11,13,17-18,20,24H,4-10,12,14-16H2,1-3H3,(H,25,26)/b13-11+/t17?,18-,20-/m1/s1. The molecule has 1 rings (SSSR count). The van der Waals surface area contributed by atoms with Crippen LogP contribution in [0.5, 0.6) is 0 Å². The van der Waals surface area contributed by atoms with E-state index in [1.54, 1.807) is 0 Å². The van der Waals surface area contributed by atoms with Gasteiger partial charge in [-0.15, -0.1) is 0 Å². The second-order valence-corrected chi connectivity index (χ2v) is 9.60. The predicted molar refractivity (Wildman–Crippen MR) is 113 cm³/mol. The van der Waals surface area contributed by atoms with Crippen LogP contribution in [0.4, 0.5) is 0 Å². The van der Waals surface area contributed by atoms with Crippen LogP contribution in [-0.2, 0) is 9.59 Å². The fourth-order valence-electron chi connectivity index (χ4n) is 3.73. The van der Waals surface area contributed by atoms with Crippen molar-refractivity contribution in [3.63, 3.8) is 0 Å². The molecule has 1 aliphatic carbocycles. The molecule has 5 heteroatoms. The van der Waals surface area contributed by atoms with Crippen molar-refractivity contribution < 1.29 is 19.8 Å². The lowest BCUT2D eigenvalue weighted by Crippen LogP contribution is -2.27. The van der Waals surface area contributed by atoms with Crippen LogP contribution in [0.15, 0.2) is 12.2 Å². The second kappa shape index (κ2) is 12.6. The Balaban J connectivity index is 2.39. The first-order valence-electron chi connectivity index (χ1n) is 10.5. The number of carboxylic acid groups (broad SMARTS) is 1. The van der Waals surface area contributed by atoms with Crippen LogP contribution in [0.2, 0.25) is 0 Å². The van der Waals surface area contributed by atoms with Gasteiger partial charge < -0.3 is 10.2 Å². The Hall–Kier alpha value is -0.810. The van der Waals surface area contributed by atoms with E-state index in [1.165, 1.54) is 11.8 Å². The van der Waals surface area contributed by atoms with Crippen LogP contribution in [0.25, 0.3) is 0 Å². The molecule has 0 bridgehead atoms. The third-order valence-electron chi connectivity index (χ3n) is 5.70. The Bertz CT molecular complexity index is 487. The van der Waals surface area contributed by atoms with Gasteiger partial charge in [0.15, 0.2) is 0 Å². The number of Topliss-reactive ketones (excluding diaryl/α,β-unsaturated/α-hetero) is 1. The maximum Gasteiger partial charge on any atom is 0.313 e. The summed E-state index contributed by atoms with van der Waals surface area (Å²) in [6.45, 7) is 6.38. The highest BCUT2D eigenvalue weighted by molar-refractivity contribution is 7.99. The highest BCUT2D eigenvalue weighted by Crippen LogP contribution is 2.35. The smallest absolute Gasteiger partial charge is 0.313 e. The highest BCUT2D eigenvalue weighted by atomic mass is 32.2. The van der Waals surface area contributed by atoms with Crippen LogP contribution in [0.1, 0.15) is 78.6 Å². The molecule has 3 atom stereocenters. The molecule has 1 aliphatic rings. The summed E-state index contributed by atoms with van der Waals surface area (Å²) < 4.78 is 0. The van der Waals surface area contributed by atoms with Gasteiger partial charge in [0.05, 0.1) is 11.9 Å². The summed E-state index contributed by atoms with van der Waals surface area (Å²) in [5.74, 6) is 1.00. The molecule has 0 aromatic rings. The average molecular weight is 399 g/mol.